The van der Waals surface area contributed by atoms with E-state index in [0.29, 0.717) is 6.42 Å². The van der Waals surface area contributed by atoms with Crippen LogP contribution in [0.4, 0.5) is 0 Å². The number of unbranched alkanes of at least 4 members (excludes halogenated alkanes) is 28. The van der Waals surface area contributed by atoms with Crippen molar-refractivity contribution in [3.63, 3.8) is 0 Å². The van der Waals surface area contributed by atoms with Crippen LogP contribution in [-0.4, -0.2) is 34.9 Å². The molecule has 4 heteroatoms. The Balaban J connectivity index is 3.57. The Labute approximate surface area is 416 Å². The second kappa shape index (κ2) is 57.4. The van der Waals surface area contributed by atoms with Crippen LogP contribution in [-0.2, 0) is 4.79 Å². The van der Waals surface area contributed by atoms with Gasteiger partial charge in [-0.15, -0.1) is 0 Å². The molecule has 2 atom stereocenters. The highest BCUT2D eigenvalue weighted by Gasteiger charge is 2.18. The van der Waals surface area contributed by atoms with Crippen LogP contribution < -0.4 is 5.32 Å². The van der Waals surface area contributed by atoms with Gasteiger partial charge in [0.05, 0.1) is 18.8 Å². The van der Waals surface area contributed by atoms with Crippen LogP contribution in [0.15, 0.2) is 109 Å². The molecular formula is C63H109NO3. The molecule has 0 saturated carbocycles. The molecule has 0 aliphatic carbocycles. The average Bonchev–Trinajstić information content (AvgIpc) is 3.33. The van der Waals surface area contributed by atoms with Crippen LogP contribution in [0.25, 0.3) is 0 Å². The van der Waals surface area contributed by atoms with Crippen LogP contribution in [0.1, 0.15) is 264 Å². The molecule has 0 heterocycles. The van der Waals surface area contributed by atoms with Crippen molar-refractivity contribution in [1.29, 1.82) is 0 Å². The minimum atomic E-state index is -0.846. The number of allylic oxidation sites excluding steroid dienone is 17. The first-order valence-corrected chi connectivity index (χ1v) is 28.6. The van der Waals surface area contributed by atoms with Gasteiger partial charge in [0.15, 0.2) is 0 Å². The Hall–Kier alpha value is -2.95. The first-order valence-electron chi connectivity index (χ1n) is 28.6. The number of amides is 1. The minimum Gasteiger partial charge on any atom is -0.394 e. The van der Waals surface area contributed by atoms with E-state index in [1.807, 2.05) is 6.08 Å². The van der Waals surface area contributed by atoms with Crippen molar-refractivity contribution in [2.45, 2.75) is 276 Å². The quantitative estimate of drug-likeness (QED) is 0.0420. The number of nitrogens with one attached hydrogen (secondary N) is 1. The van der Waals surface area contributed by atoms with E-state index in [-0.39, 0.29) is 12.5 Å². The fourth-order valence-electron chi connectivity index (χ4n) is 8.20. The van der Waals surface area contributed by atoms with Gasteiger partial charge in [-0.1, -0.05) is 284 Å². The largest absolute Gasteiger partial charge is 0.394 e. The second-order valence-corrected chi connectivity index (χ2v) is 19.0. The highest BCUT2D eigenvalue weighted by atomic mass is 16.3. The Morgan fingerprint density at radius 3 is 0.985 bits per heavy atom. The molecule has 0 bridgehead atoms. The van der Waals surface area contributed by atoms with Gasteiger partial charge < -0.3 is 15.5 Å². The van der Waals surface area contributed by atoms with Gasteiger partial charge in [0.1, 0.15) is 0 Å². The van der Waals surface area contributed by atoms with Gasteiger partial charge >= 0.3 is 0 Å². The third-order valence-corrected chi connectivity index (χ3v) is 12.5. The molecule has 0 aromatic heterocycles. The molecule has 0 aromatic carbocycles. The molecule has 3 N–H and O–H groups in total. The molecule has 0 aliphatic rings. The lowest BCUT2D eigenvalue weighted by molar-refractivity contribution is -0.123. The van der Waals surface area contributed by atoms with E-state index in [4.69, 9.17) is 0 Å². The summed E-state index contributed by atoms with van der Waals surface area (Å²) in [6.45, 7) is 4.20. The summed E-state index contributed by atoms with van der Waals surface area (Å²) in [4.78, 5) is 12.5. The average molecular weight is 929 g/mol. The zero-order valence-corrected chi connectivity index (χ0v) is 44.1. The minimum absolute atomic E-state index is 0.0686. The summed E-state index contributed by atoms with van der Waals surface area (Å²) in [6, 6.07) is -0.630. The van der Waals surface area contributed by atoms with E-state index < -0.39 is 12.1 Å². The summed E-state index contributed by atoms with van der Waals surface area (Å²) in [5, 5.41) is 23.2. The van der Waals surface area contributed by atoms with Crippen LogP contribution in [0, 0.1) is 0 Å². The summed E-state index contributed by atoms with van der Waals surface area (Å²) >= 11 is 0. The smallest absolute Gasteiger partial charge is 0.220 e. The third kappa shape index (κ3) is 53.9. The van der Waals surface area contributed by atoms with Crippen LogP contribution >= 0.6 is 0 Å². The maximum Gasteiger partial charge on any atom is 0.220 e. The van der Waals surface area contributed by atoms with Crippen molar-refractivity contribution >= 4 is 5.91 Å². The molecule has 0 aromatic rings. The van der Waals surface area contributed by atoms with Crippen LogP contribution in [0.2, 0.25) is 0 Å². The molecule has 0 spiro atoms. The highest BCUT2D eigenvalue weighted by molar-refractivity contribution is 5.76. The molecule has 0 radical (unpaired) electrons. The number of carbonyl (C=O) groups excluding carboxylic acids is 1. The molecule has 67 heavy (non-hydrogen) atoms. The summed E-state index contributed by atoms with van der Waals surface area (Å²) < 4.78 is 0. The van der Waals surface area contributed by atoms with Crippen molar-refractivity contribution in [3.8, 4) is 0 Å². The van der Waals surface area contributed by atoms with E-state index >= 15 is 0 Å². The van der Waals surface area contributed by atoms with E-state index in [1.165, 1.54) is 167 Å². The van der Waals surface area contributed by atoms with Gasteiger partial charge in [-0.2, -0.15) is 0 Å². The topological polar surface area (TPSA) is 69.6 Å². The first-order chi connectivity index (χ1) is 33.2. The van der Waals surface area contributed by atoms with E-state index in [1.54, 1.807) is 6.08 Å². The van der Waals surface area contributed by atoms with Crippen molar-refractivity contribution in [2.24, 2.45) is 0 Å². The molecule has 0 rings (SSSR count). The molecule has 2 unspecified atom stereocenters. The first kappa shape index (κ1) is 64.0. The molecular weight excluding hydrogens is 819 g/mol. The lowest BCUT2D eigenvalue weighted by atomic mass is 10.0. The van der Waals surface area contributed by atoms with E-state index in [2.05, 4.69) is 116 Å². The number of hydrogen-bond donors (Lipinski definition) is 3. The molecule has 0 fully saturated rings. The molecule has 0 saturated heterocycles. The summed E-state index contributed by atoms with van der Waals surface area (Å²) in [6.07, 6.45) is 86.7. The molecule has 0 aliphatic heterocycles. The Kier molecular flexibility index (Phi) is 54.8. The summed E-state index contributed by atoms with van der Waals surface area (Å²) in [7, 11) is 0. The standard InChI is InChI=1S/C63H109NO3/c1-3-5-7-9-11-13-15-17-19-21-23-24-25-26-27-28-29-30-31-32-33-34-35-36-37-38-39-40-41-43-45-47-49-51-53-55-57-59-63(67)64-61(60-65)62(66)58-56-54-52-50-48-46-44-42-22-20-18-16-14-12-10-8-6-4-2/h5,7,11,13,17,19,23-24,26-27,29-30,32-33,35-36,56,58,61-62,65-66H,3-4,6,8-10,12,14-16,18,20-22,25,28,31,34,37-55,57,59-60H2,1-2H3,(H,64,67)/b7-5-,13-11-,19-17-,24-23-,27-26-,30-29-,33-32-,36-35-,58-56+. The fourth-order valence-corrected chi connectivity index (χ4v) is 8.20. The maximum absolute atomic E-state index is 12.5. The molecule has 1 amide bonds. The lowest BCUT2D eigenvalue weighted by Crippen LogP contribution is -2.45. The lowest BCUT2D eigenvalue weighted by Gasteiger charge is -2.20. The monoisotopic (exact) mass is 928 g/mol. The Morgan fingerprint density at radius 2 is 0.657 bits per heavy atom. The highest BCUT2D eigenvalue weighted by Crippen LogP contribution is 2.16. The van der Waals surface area contributed by atoms with Crippen LogP contribution in [0.3, 0.4) is 0 Å². The predicted octanol–water partition coefficient (Wildman–Crippen LogP) is 19.1. The van der Waals surface area contributed by atoms with Gasteiger partial charge in [0.25, 0.3) is 0 Å². The predicted molar refractivity (Wildman–Crippen MR) is 299 cm³/mol. The van der Waals surface area contributed by atoms with Gasteiger partial charge in [0, 0.05) is 6.42 Å². The summed E-state index contributed by atoms with van der Waals surface area (Å²) in [5.41, 5.74) is 0. The second-order valence-electron chi connectivity index (χ2n) is 19.0. The Bertz CT molecular complexity index is 1280. The van der Waals surface area contributed by atoms with Gasteiger partial charge in [-0.3, -0.25) is 4.79 Å². The zero-order valence-electron chi connectivity index (χ0n) is 44.1. The van der Waals surface area contributed by atoms with Gasteiger partial charge in [-0.05, 0) is 83.5 Å². The number of hydrogen-bond acceptors (Lipinski definition) is 3. The number of rotatable bonds is 51. The number of aliphatic hydroxyl groups is 2. The zero-order chi connectivity index (χ0) is 48.5. The van der Waals surface area contributed by atoms with Crippen LogP contribution in [0.5, 0.6) is 0 Å². The Morgan fingerprint density at radius 1 is 0.373 bits per heavy atom. The van der Waals surface area contributed by atoms with E-state index in [9.17, 15) is 15.0 Å². The normalized spacial score (nSPS) is 13.7. The van der Waals surface area contributed by atoms with Crippen molar-refractivity contribution < 1.29 is 15.0 Å². The molecule has 4 nitrogen and oxygen atoms in total. The van der Waals surface area contributed by atoms with Crippen molar-refractivity contribution in [1.82, 2.24) is 5.32 Å². The number of aliphatic hydroxyl groups excluding tert-OH is 2. The number of carbonyl (C=O) groups is 1. The fraction of sp³-hybridized carbons (Fsp3) is 0.698. The third-order valence-electron chi connectivity index (χ3n) is 12.5. The van der Waals surface area contributed by atoms with Crippen molar-refractivity contribution in [3.05, 3.63) is 109 Å². The van der Waals surface area contributed by atoms with Crippen molar-refractivity contribution in [2.75, 3.05) is 6.61 Å². The van der Waals surface area contributed by atoms with Gasteiger partial charge in [0.2, 0.25) is 5.91 Å². The summed E-state index contributed by atoms with van der Waals surface area (Å²) in [5.74, 6) is -0.0686. The maximum atomic E-state index is 12.5. The SMILES string of the molecule is CC/C=C\C/C=C\C/C=C\C/C=C\C/C=C\C/C=C\C/C=C\C/C=C\CCCCCCCCCCCCCCC(=O)NC(CO)C(O)/C=C/CCCCCCCCCCCCCCCCCC. The van der Waals surface area contributed by atoms with E-state index in [0.717, 1.165) is 77.0 Å². The molecule has 384 valence electrons. The van der Waals surface area contributed by atoms with Gasteiger partial charge in [-0.25, -0.2) is 0 Å².